The summed E-state index contributed by atoms with van der Waals surface area (Å²) in [7, 11) is -0.307. The Kier molecular flexibility index (Phi) is 27.3. The first-order valence-electron chi connectivity index (χ1n) is 29.2. The van der Waals surface area contributed by atoms with Crippen molar-refractivity contribution in [2.75, 3.05) is 27.3 Å². The van der Waals surface area contributed by atoms with Crippen LogP contribution in [0.15, 0.2) is 92.6 Å². The first kappa shape index (κ1) is 77.8. The van der Waals surface area contributed by atoms with Gasteiger partial charge in [-0.25, -0.2) is 27.6 Å². The minimum Gasteiger partial charge on any atom is -0.467 e. The van der Waals surface area contributed by atoms with E-state index < -0.39 is 125 Å². The van der Waals surface area contributed by atoms with Crippen LogP contribution in [0.25, 0.3) is 0 Å². The highest BCUT2D eigenvalue weighted by atomic mass is 79.9. The lowest BCUT2D eigenvalue weighted by atomic mass is 9.85. The molecule has 2 unspecified atom stereocenters. The van der Waals surface area contributed by atoms with Crippen LogP contribution >= 0.6 is 42.5 Å². The Morgan fingerprint density at radius 3 is 1.32 bits per heavy atom. The second-order valence-electron chi connectivity index (χ2n) is 25.2. The van der Waals surface area contributed by atoms with Crippen LogP contribution in [-0.2, 0) is 71.1 Å². The molecule has 2 aromatic carbocycles. The van der Waals surface area contributed by atoms with E-state index in [1.807, 2.05) is 0 Å². The molecule has 0 spiro atoms. The third-order valence-electron chi connectivity index (χ3n) is 16.5. The Bertz CT molecular complexity index is 3190. The molecule has 10 atom stereocenters. The maximum Gasteiger partial charge on any atom is 0.408 e. The summed E-state index contributed by atoms with van der Waals surface area (Å²) in [5.41, 5.74) is -4.04. The number of halogens is 3. The number of esters is 2. The Morgan fingerprint density at radius 2 is 0.978 bits per heavy atom. The summed E-state index contributed by atoms with van der Waals surface area (Å²) < 4.78 is 75.4. The number of amides is 6. The molecule has 2 saturated heterocycles. The third-order valence-corrected chi connectivity index (χ3v) is 20.3. The summed E-state index contributed by atoms with van der Waals surface area (Å²) in [6, 6.07) is 7.68. The van der Waals surface area contributed by atoms with E-state index in [1.165, 1.54) is 48.3 Å². The molecule has 0 radical (unpaired) electrons. The van der Waals surface area contributed by atoms with E-state index in [0.29, 0.717) is 10.9 Å². The molecule has 2 heterocycles. The van der Waals surface area contributed by atoms with E-state index in [0.717, 1.165) is 55.8 Å². The first-order chi connectivity index (χ1) is 41.5. The standard InChI is InChI=1S/C30H40BrN3O9S.C24H37N3O7.C6H4BrClO2S.2CH4/c1-6-18-16-30(18,27(37)41-5)33-25(35)23-15-21(43-44(39,40)22-13-11-19(31)12-14-22)17-34(23)26(36)24(29(2,3)4)32-28(38)42-20-9-7-8-10-20;1-6-14-12-24(14,21(31)33-5)26-19(29)17-11-15(28)13-27(17)20(30)18(23(2,3)4)25-22(32)34-16-9-7-8-10-16;7-5-1-3-6(4-2-5)11(8,9)10;;/h6,11-14,18,20-21,23-24H,1,7-10,15-17H2,2-5H3,(H,32,38)(H,33,35);6,14-18,28H,1,7-13H2,2-5H3,(H,25,32)(H,26,29);1-4H;2*1H4/t18?,21-,23-,24+,30+;14?,15-,17-,18+,24+;;;/m00.../s1. The highest BCUT2D eigenvalue weighted by Gasteiger charge is 2.63. The highest BCUT2D eigenvalue weighted by molar-refractivity contribution is 9.10. The van der Waals surface area contributed by atoms with Gasteiger partial charge in [-0.15, -0.1) is 13.2 Å². The Hall–Kier alpha value is -5.65. The summed E-state index contributed by atoms with van der Waals surface area (Å²) in [5.74, 6) is -4.21. The number of likely N-dealkylation sites (tertiary alicyclic amines) is 2. The minimum absolute atomic E-state index is 0. The molecule has 2 aromatic rings. The fraction of sp³-hybridized carbons (Fsp3) is 0.613. The van der Waals surface area contributed by atoms with Gasteiger partial charge in [0.1, 0.15) is 47.5 Å². The van der Waals surface area contributed by atoms with Gasteiger partial charge in [0, 0.05) is 57.4 Å². The molecular formula is C62H89Br2ClN6O18S2. The summed E-state index contributed by atoms with van der Waals surface area (Å²) in [4.78, 5) is 108. The fourth-order valence-corrected chi connectivity index (χ4v) is 13.7. The average Bonchev–Trinajstić information content (AvgIpc) is 1.60. The van der Waals surface area contributed by atoms with Crippen LogP contribution in [0, 0.1) is 22.7 Å². The number of alkyl carbamates (subject to hydrolysis) is 2. The number of nitrogens with zero attached hydrogens (tertiary/aromatic N) is 2. The van der Waals surface area contributed by atoms with Gasteiger partial charge < -0.3 is 55.1 Å². The van der Waals surface area contributed by atoms with E-state index in [1.54, 1.807) is 78.0 Å². The zero-order valence-corrected chi connectivity index (χ0v) is 56.7. The summed E-state index contributed by atoms with van der Waals surface area (Å²) >= 11 is 6.44. The van der Waals surface area contributed by atoms with Gasteiger partial charge in [-0.2, -0.15) is 8.42 Å². The van der Waals surface area contributed by atoms with Crippen molar-refractivity contribution in [3.8, 4) is 0 Å². The van der Waals surface area contributed by atoms with Crippen LogP contribution < -0.4 is 21.3 Å². The number of methoxy groups -OCH3 is 2. The largest absolute Gasteiger partial charge is 0.467 e. The normalized spacial score (nSPS) is 25.1. The molecule has 6 fully saturated rings. The molecule has 0 bridgehead atoms. The van der Waals surface area contributed by atoms with Gasteiger partial charge >= 0.3 is 24.1 Å². The summed E-state index contributed by atoms with van der Waals surface area (Å²) in [6.07, 6.45) is 6.81. The molecule has 508 valence electrons. The number of carbonyl (C=O) groups excluding carboxylic acids is 8. The predicted molar refractivity (Wildman–Crippen MR) is 346 cm³/mol. The van der Waals surface area contributed by atoms with Crippen molar-refractivity contribution in [3.63, 3.8) is 0 Å². The molecule has 6 aliphatic rings. The van der Waals surface area contributed by atoms with Crippen molar-refractivity contribution in [2.24, 2.45) is 22.7 Å². The van der Waals surface area contributed by atoms with Crippen molar-refractivity contribution in [1.29, 1.82) is 0 Å². The molecule has 8 rings (SSSR count). The maximum atomic E-state index is 14.1. The van der Waals surface area contributed by atoms with E-state index in [-0.39, 0.29) is 81.0 Å². The topological polar surface area (TPSA) is 326 Å². The molecule has 0 aromatic heterocycles. The molecule has 91 heavy (non-hydrogen) atoms. The van der Waals surface area contributed by atoms with Gasteiger partial charge in [0.2, 0.25) is 23.6 Å². The third kappa shape index (κ3) is 19.9. The Morgan fingerprint density at radius 1 is 0.615 bits per heavy atom. The number of aliphatic hydroxyl groups excluding tert-OH is 1. The smallest absolute Gasteiger partial charge is 0.408 e. The van der Waals surface area contributed by atoms with Crippen molar-refractivity contribution in [3.05, 3.63) is 82.8 Å². The van der Waals surface area contributed by atoms with Gasteiger partial charge in [0.25, 0.3) is 19.2 Å². The SMILES string of the molecule is C.C.C=CC1C[C@]1(NC(=O)[C@@H]1C[C@H](O)CN1C(=O)[C@@H](NC(=O)OC1CCCC1)C(C)(C)C)C(=O)OC.C=CC1C[C@]1(NC(=O)[C@@H]1C[C@H](OS(=O)(=O)c2ccc(Br)cc2)CN1C(=O)[C@@H](NC(=O)OC1CCCC1)C(C)(C)C)C(=O)OC.O=S(=O)(Cl)c1ccc(Br)cc1. The summed E-state index contributed by atoms with van der Waals surface area (Å²) in [5, 5.41) is 21.1. The van der Waals surface area contributed by atoms with Gasteiger partial charge in [-0.3, -0.25) is 23.4 Å². The van der Waals surface area contributed by atoms with E-state index in [2.05, 4.69) is 66.3 Å². The molecule has 2 aliphatic heterocycles. The number of rotatable bonds is 18. The molecule has 4 aliphatic carbocycles. The number of carbonyl (C=O) groups is 8. The number of benzene rings is 2. The fourth-order valence-electron chi connectivity index (χ4n) is 11.3. The molecule has 6 amide bonds. The van der Waals surface area contributed by atoms with Crippen molar-refractivity contribution in [2.45, 2.75) is 203 Å². The van der Waals surface area contributed by atoms with Gasteiger partial charge in [0.05, 0.1) is 36.2 Å². The number of β-amino-alcohol motifs (C(OH)–C–C–N with tert-alkyl or cyclic N) is 1. The van der Waals surface area contributed by atoms with Gasteiger partial charge in [-0.1, -0.05) is 100 Å². The predicted octanol–water partition coefficient (Wildman–Crippen LogP) is 8.36. The second-order valence-corrected chi connectivity index (χ2v) is 31.1. The van der Waals surface area contributed by atoms with Crippen LogP contribution in [0.3, 0.4) is 0 Å². The van der Waals surface area contributed by atoms with Crippen LogP contribution in [0.4, 0.5) is 9.59 Å². The minimum atomic E-state index is -4.26. The molecular weight excluding hydrogens is 1380 g/mol. The molecule has 5 N–H and O–H groups in total. The monoisotopic (exact) mass is 1460 g/mol. The zero-order chi connectivity index (χ0) is 66.2. The van der Waals surface area contributed by atoms with Crippen molar-refractivity contribution < 1.29 is 83.4 Å². The van der Waals surface area contributed by atoms with Gasteiger partial charge in [-0.05, 0) is 124 Å². The Balaban J connectivity index is 0.000000333. The summed E-state index contributed by atoms with van der Waals surface area (Å²) in [6.45, 7) is 17.8. The number of aliphatic hydroxyl groups is 1. The lowest BCUT2D eigenvalue weighted by Crippen LogP contribution is -2.59. The number of hydrogen-bond donors (Lipinski definition) is 5. The van der Waals surface area contributed by atoms with Crippen LogP contribution in [0.2, 0.25) is 0 Å². The number of hydrogen-bond acceptors (Lipinski definition) is 18. The Labute approximate surface area is 556 Å². The lowest BCUT2D eigenvalue weighted by Gasteiger charge is -2.35. The number of nitrogens with one attached hydrogen (secondary N) is 4. The van der Waals surface area contributed by atoms with E-state index in [9.17, 15) is 60.3 Å². The van der Waals surface area contributed by atoms with Crippen LogP contribution in [-0.4, -0.2) is 166 Å². The van der Waals surface area contributed by atoms with Crippen molar-refractivity contribution >= 4 is 109 Å². The quantitative estimate of drug-likeness (QED) is 0.0308. The molecule has 4 saturated carbocycles. The number of ether oxygens (including phenoxy) is 4. The molecule has 29 heteroatoms. The van der Waals surface area contributed by atoms with E-state index >= 15 is 0 Å². The maximum absolute atomic E-state index is 14.1. The van der Waals surface area contributed by atoms with Crippen LogP contribution in [0.1, 0.15) is 133 Å². The average molecular weight is 1470 g/mol. The van der Waals surface area contributed by atoms with Crippen molar-refractivity contribution in [1.82, 2.24) is 31.1 Å². The zero-order valence-electron chi connectivity index (χ0n) is 51.1. The second kappa shape index (κ2) is 32.0. The van der Waals surface area contributed by atoms with Gasteiger partial charge in [0.15, 0.2) is 0 Å². The highest BCUT2D eigenvalue weighted by Crippen LogP contribution is 2.47. The first-order valence-corrected chi connectivity index (χ1v) is 34.5. The molecule has 24 nitrogen and oxygen atoms in total. The van der Waals surface area contributed by atoms with Crippen LogP contribution in [0.5, 0.6) is 0 Å². The van der Waals surface area contributed by atoms with E-state index in [4.69, 9.17) is 33.8 Å². The lowest BCUT2D eigenvalue weighted by molar-refractivity contribution is -0.149.